The van der Waals surface area contributed by atoms with Gasteiger partial charge >= 0.3 is 0 Å². The van der Waals surface area contributed by atoms with E-state index >= 15 is 0 Å². The van der Waals surface area contributed by atoms with Crippen molar-refractivity contribution in [3.63, 3.8) is 0 Å². The fourth-order valence-corrected chi connectivity index (χ4v) is 7.44. The number of hydrogen-bond donors (Lipinski definition) is 0. The summed E-state index contributed by atoms with van der Waals surface area (Å²) in [4.78, 5) is 35.8. The summed E-state index contributed by atoms with van der Waals surface area (Å²) in [6.07, 6.45) is 12.6. The molecular weight excluding hydrogens is 749 g/mol. The van der Waals surface area contributed by atoms with Crippen LogP contribution in [0.25, 0.3) is 57.4 Å². The molecule has 0 saturated heterocycles. The molecule has 2 aromatic carbocycles. The minimum atomic E-state index is -3.56. The number of sulfone groups is 1. The third-order valence-electron chi connectivity index (χ3n) is 8.84. The van der Waals surface area contributed by atoms with Crippen LogP contribution in [0, 0.1) is 13.8 Å². The van der Waals surface area contributed by atoms with E-state index in [1.165, 1.54) is 35.4 Å². The Morgan fingerprint density at radius 2 is 1.11 bits per heavy atom. The number of hydrogen-bond acceptors (Lipinski definition) is 13. The highest BCUT2D eigenvalue weighted by Crippen LogP contribution is 2.32. The molecule has 284 valence electrons. The molecule has 0 atom stereocenters. The second-order valence-electron chi connectivity index (χ2n) is 12.6. The molecular formula is C38H38N14O2S2. The van der Waals surface area contributed by atoms with Crippen molar-refractivity contribution in [2.75, 3.05) is 11.5 Å². The Kier molecular flexibility index (Phi) is 10.9. The van der Waals surface area contributed by atoms with Crippen molar-refractivity contribution in [3.05, 3.63) is 110 Å². The van der Waals surface area contributed by atoms with Crippen LogP contribution in [0.3, 0.4) is 0 Å². The average molecular weight is 787 g/mol. The highest BCUT2D eigenvalue weighted by atomic mass is 32.2. The molecule has 0 aliphatic heterocycles. The molecule has 6 aromatic heterocycles. The van der Waals surface area contributed by atoms with Crippen molar-refractivity contribution in [1.82, 2.24) is 68.6 Å². The highest BCUT2D eigenvalue weighted by molar-refractivity contribution is 7.99. The van der Waals surface area contributed by atoms with Crippen LogP contribution in [0.15, 0.2) is 108 Å². The molecule has 8 rings (SSSR count). The van der Waals surface area contributed by atoms with Crippen LogP contribution >= 0.6 is 11.8 Å². The van der Waals surface area contributed by atoms with E-state index in [2.05, 4.69) is 87.8 Å². The largest absolute Gasteiger partial charge is 0.326 e. The van der Waals surface area contributed by atoms with Gasteiger partial charge in [0.1, 0.15) is 41.6 Å². The number of imidazole rings is 2. The number of aryl methyl sites for hydroxylation is 2. The van der Waals surface area contributed by atoms with E-state index in [0.29, 0.717) is 11.8 Å². The Morgan fingerprint density at radius 3 is 1.57 bits per heavy atom. The van der Waals surface area contributed by atoms with Crippen LogP contribution < -0.4 is 0 Å². The zero-order chi connectivity index (χ0) is 39.4. The van der Waals surface area contributed by atoms with Gasteiger partial charge in [-0.2, -0.15) is 19.6 Å². The second-order valence-corrected chi connectivity index (χ2v) is 16.1. The van der Waals surface area contributed by atoms with Crippen molar-refractivity contribution >= 4 is 21.6 Å². The molecule has 0 unspecified atom stereocenters. The van der Waals surface area contributed by atoms with Gasteiger partial charge in [0.05, 0.1) is 40.6 Å². The van der Waals surface area contributed by atoms with Gasteiger partial charge in [0, 0.05) is 20.3 Å². The normalized spacial score (nSPS) is 11.4. The minimum Gasteiger partial charge on any atom is -0.326 e. The van der Waals surface area contributed by atoms with Gasteiger partial charge in [0.2, 0.25) is 0 Å². The molecule has 0 N–H and O–H groups in total. The van der Waals surface area contributed by atoms with Crippen LogP contribution in [0.4, 0.5) is 0 Å². The topological polar surface area (TPSA) is 183 Å². The van der Waals surface area contributed by atoms with Crippen molar-refractivity contribution in [1.29, 1.82) is 0 Å². The van der Waals surface area contributed by atoms with Crippen molar-refractivity contribution in [2.45, 2.75) is 37.5 Å². The van der Waals surface area contributed by atoms with E-state index in [1.807, 2.05) is 62.2 Å². The molecule has 0 saturated carbocycles. The zero-order valence-electron chi connectivity index (χ0n) is 31.5. The van der Waals surface area contributed by atoms with E-state index in [9.17, 15) is 8.42 Å². The SMILES string of the molecule is CCS(=O)(=O)c1cnc(-n2cncn2)nc1-c1ncc(-c2ccc(C)cc2)n1C.CCSc1cnc(-n2cncn2)nc1-c1ncc(-c2ccc(C)cc2)n1C. The maximum atomic E-state index is 12.7. The zero-order valence-corrected chi connectivity index (χ0v) is 33.2. The summed E-state index contributed by atoms with van der Waals surface area (Å²) in [6.45, 7) is 7.79. The van der Waals surface area contributed by atoms with Crippen molar-refractivity contribution in [2.24, 2.45) is 14.1 Å². The van der Waals surface area contributed by atoms with Crippen LogP contribution in [0.1, 0.15) is 25.0 Å². The lowest BCUT2D eigenvalue weighted by atomic mass is 10.1. The predicted octanol–water partition coefficient (Wildman–Crippen LogP) is 5.77. The lowest BCUT2D eigenvalue weighted by Crippen LogP contribution is -2.12. The summed E-state index contributed by atoms with van der Waals surface area (Å²) in [5, 5.41) is 8.15. The molecule has 0 bridgehead atoms. The molecule has 0 spiro atoms. The quantitative estimate of drug-likeness (QED) is 0.152. The molecule has 0 radical (unpaired) electrons. The van der Waals surface area contributed by atoms with Crippen LogP contribution in [0.5, 0.6) is 0 Å². The Hall–Kier alpha value is -6.40. The smallest absolute Gasteiger partial charge is 0.252 e. The van der Waals surface area contributed by atoms with E-state index < -0.39 is 9.84 Å². The predicted molar refractivity (Wildman–Crippen MR) is 213 cm³/mol. The number of thioether (sulfide) groups is 1. The van der Waals surface area contributed by atoms with Crippen molar-refractivity contribution in [3.8, 4) is 57.4 Å². The lowest BCUT2D eigenvalue weighted by molar-refractivity contribution is 0.596. The van der Waals surface area contributed by atoms with E-state index in [4.69, 9.17) is 4.98 Å². The second kappa shape index (κ2) is 16.1. The number of benzene rings is 2. The van der Waals surface area contributed by atoms with E-state index in [0.717, 1.165) is 50.2 Å². The molecule has 0 amide bonds. The standard InChI is InChI=1S/C19H19N7O2S.C19H19N7S/c1-4-29(27,28)16-10-22-19(26-12-20-11-23-26)24-17(16)18-21-9-15(25(18)3)14-7-5-13(2)6-8-14;1-4-27-16-10-22-19(26-12-20-11-23-26)24-17(16)18-21-9-15(25(18)3)14-7-5-13(2)6-8-14/h5-12H,4H2,1-3H3;5-12H,4H2,1-3H3. The summed E-state index contributed by atoms with van der Waals surface area (Å²) < 4.78 is 32.1. The first-order valence-electron chi connectivity index (χ1n) is 17.6. The average Bonchev–Trinajstić information content (AvgIpc) is 4.05. The number of aromatic nitrogens is 14. The minimum absolute atomic E-state index is 0.0352. The van der Waals surface area contributed by atoms with Gasteiger partial charge in [-0.15, -0.1) is 11.8 Å². The Morgan fingerprint density at radius 1 is 0.625 bits per heavy atom. The highest BCUT2D eigenvalue weighted by Gasteiger charge is 2.25. The fraction of sp³-hybridized carbons (Fsp3) is 0.211. The molecule has 0 fully saturated rings. The summed E-state index contributed by atoms with van der Waals surface area (Å²) in [6, 6.07) is 16.5. The lowest BCUT2D eigenvalue weighted by Gasteiger charge is -2.11. The summed E-state index contributed by atoms with van der Waals surface area (Å²) in [5.41, 5.74) is 7.40. The van der Waals surface area contributed by atoms with Crippen molar-refractivity contribution < 1.29 is 8.42 Å². The molecule has 56 heavy (non-hydrogen) atoms. The van der Waals surface area contributed by atoms with E-state index in [-0.39, 0.29) is 22.3 Å². The molecule has 18 heteroatoms. The molecule has 8 aromatic rings. The van der Waals surface area contributed by atoms with Gasteiger partial charge in [-0.3, -0.25) is 0 Å². The Balaban J connectivity index is 0.000000172. The van der Waals surface area contributed by atoms with Gasteiger partial charge in [-0.25, -0.2) is 48.3 Å². The van der Waals surface area contributed by atoms with Gasteiger partial charge in [0.15, 0.2) is 21.5 Å². The summed E-state index contributed by atoms with van der Waals surface area (Å²) in [7, 11) is 0.276. The molecule has 6 heterocycles. The maximum absolute atomic E-state index is 12.7. The van der Waals surface area contributed by atoms with Gasteiger partial charge < -0.3 is 9.13 Å². The first-order chi connectivity index (χ1) is 27.1. The Labute approximate surface area is 327 Å². The monoisotopic (exact) mass is 786 g/mol. The van der Waals surface area contributed by atoms with Crippen LogP contribution in [-0.4, -0.2) is 88.5 Å². The number of nitrogens with zero attached hydrogens (tertiary/aromatic N) is 14. The van der Waals surface area contributed by atoms with Gasteiger partial charge in [0.25, 0.3) is 11.9 Å². The molecule has 0 aliphatic rings. The third-order valence-corrected chi connectivity index (χ3v) is 11.5. The van der Waals surface area contributed by atoms with Crippen LogP contribution in [-0.2, 0) is 23.9 Å². The number of rotatable bonds is 10. The molecule has 16 nitrogen and oxygen atoms in total. The summed E-state index contributed by atoms with van der Waals surface area (Å²) in [5.74, 6) is 2.77. The summed E-state index contributed by atoms with van der Waals surface area (Å²) >= 11 is 1.69. The Bertz CT molecular complexity index is 2690. The first kappa shape index (κ1) is 37.9. The van der Waals surface area contributed by atoms with Gasteiger partial charge in [-0.05, 0) is 30.7 Å². The third kappa shape index (κ3) is 7.74. The first-order valence-corrected chi connectivity index (χ1v) is 20.2. The maximum Gasteiger partial charge on any atom is 0.252 e. The van der Waals surface area contributed by atoms with E-state index in [1.54, 1.807) is 35.9 Å². The molecule has 0 aliphatic carbocycles. The van der Waals surface area contributed by atoms with Gasteiger partial charge in [-0.1, -0.05) is 73.5 Å². The fourth-order valence-electron chi connectivity index (χ4n) is 5.78. The van der Waals surface area contributed by atoms with Crippen LogP contribution in [0.2, 0.25) is 0 Å².